The van der Waals surface area contributed by atoms with Gasteiger partial charge in [0.15, 0.2) is 0 Å². The van der Waals surface area contributed by atoms with Crippen LogP contribution < -0.4 is 0 Å². The number of nitrogens with zero attached hydrogens (tertiary/aromatic N) is 1. The molecule has 0 N–H and O–H groups in total. The highest BCUT2D eigenvalue weighted by atomic mass is 35.5. The summed E-state index contributed by atoms with van der Waals surface area (Å²) in [6.45, 7) is 0. The fourth-order valence-corrected chi connectivity index (χ4v) is 2.63. The molecular weight excluding hydrogens is 297 g/mol. The highest BCUT2D eigenvalue weighted by Crippen LogP contribution is 2.29. The molecule has 0 amide bonds. The predicted octanol–water partition coefficient (Wildman–Crippen LogP) is 5.33. The van der Waals surface area contributed by atoms with Crippen molar-refractivity contribution in [2.75, 3.05) is 0 Å². The second kappa shape index (κ2) is 5.96. The first-order chi connectivity index (χ1) is 8.15. The van der Waals surface area contributed by atoms with Crippen LogP contribution in [-0.2, 0) is 5.75 Å². The van der Waals surface area contributed by atoms with Gasteiger partial charge in [-0.1, -0.05) is 34.8 Å². The van der Waals surface area contributed by atoms with Crippen LogP contribution in [0.2, 0.25) is 15.1 Å². The van der Waals surface area contributed by atoms with Crippen LogP contribution in [-0.4, -0.2) is 4.98 Å². The number of aromatic nitrogens is 1. The molecular formula is C12H8Cl3NS. The van der Waals surface area contributed by atoms with Crippen LogP contribution in [0.3, 0.4) is 0 Å². The Morgan fingerprint density at radius 1 is 1.00 bits per heavy atom. The summed E-state index contributed by atoms with van der Waals surface area (Å²) in [6, 6.07) is 9.18. The van der Waals surface area contributed by atoms with Crippen LogP contribution in [0.5, 0.6) is 0 Å². The van der Waals surface area contributed by atoms with Crippen LogP contribution in [0.4, 0.5) is 0 Å². The monoisotopic (exact) mass is 303 g/mol. The smallest absolute Gasteiger partial charge is 0.0603 e. The zero-order valence-electron chi connectivity index (χ0n) is 8.66. The van der Waals surface area contributed by atoms with E-state index in [2.05, 4.69) is 4.98 Å². The fraction of sp³-hybridized carbons (Fsp3) is 0.0833. The van der Waals surface area contributed by atoms with Crippen LogP contribution in [0.1, 0.15) is 5.69 Å². The zero-order chi connectivity index (χ0) is 12.3. The van der Waals surface area contributed by atoms with Gasteiger partial charge in [0.1, 0.15) is 0 Å². The number of halogens is 3. The van der Waals surface area contributed by atoms with E-state index in [-0.39, 0.29) is 0 Å². The first-order valence-electron chi connectivity index (χ1n) is 4.83. The van der Waals surface area contributed by atoms with Crippen LogP contribution in [0, 0.1) is 0 Å². The Kier molecular flexibility index (Phi) is 4.57. The lowest BCUT2D eigenvalue weighted by molar-refractivity contribution is 1.17. The second-order valence-corrected chi connectivity index (χ2v) is 5.63. The van der Waals surface area contributed by atoms with Gasteiger partial charge in [-0.2, -0.15) is 0 Å². The van der Waals surface area contributed by atoms with E-state index in [0.29, 0.717) is 15.1 Å². The summed E-state index contributed by atoms with van der Waals surface area (Å²) < 4.78 is 0. The SMILES string of the molecule is Clc1ccnc(CSc2ccc(Cl)c(Cl)c2)c1. The maximum atomic E-state index is 5.94. The maximum Gasteiger partial charge on any atom is 0.0603 e. The molecule has 0 aliphatic rings. The highest BCUT2D eigenvalue weighted by molar-refractivity contribution is 7.98. The van der Waals surface area contributed by atoms with E-state index < -0.39 is 0 Å². The second-order valence-electron chi connectivity index (χ2n) is 3.33. The van der Waals surface area contributed by atoms with E-state index in [1.165, 1.54) is 0 Å². The molecule has 1 aromatic heterocycles. The first-order valence-corrected chi connectivity index (χ1v) is 6.95. The molecule has 0 spiro atoms. The molecule has 0 atom stereocenters. The average Bonchev–Trinajstić information content (AvgIpc) is 2.31. The van der Waals surface area contributed by atoms with Gasteiger partial charge in [0.25, 0.3) is 0 Å². The van der Waals surface area contributed by atoms with Crippen molar-refractivity contribution in [2.45, 2.75) is 10.6 Å². The van der Waals surface area contributed by atoms with Crippen molar-refractivity contribution in [2.24, 2.45) is 0 Å². The van der Waals surface area contributed by atoms with Gasteiger partial charge >= 0.3 is 0 Å². The molecule has 1 heterocycles. The molecule has 0 aliphatic heterocycles. The molecule has 0 radical (unpaired) electrons. The van der Waals surface area contributed by atoms with Gasteiger partial charge in [-0.05, 0) is 30.3 Å². The van der Waals surface area contributed by atoms with E-state index in [1.807, 2.05) is 18.2 Å². The third-order valence-corrected chi connectivity index (χ3v) is 4.06. The molecule has 0 saturated heterocycles. The fourth-order valence-electron chi connectivity index (χ4n) is 1.25. The zero-order valence-corrected chi connectivity index (χ0v) is 11.7. The van der Waals surface area contributed by atoms with Crippen molar-refractivity contribution < 1.29 is 0 Å². The molecule has 1 aromatic carbocycles. The number of hydrogen-bond acceptors (Lipinski definition) is 2. The lowest BCUT2D eigenvalue weighted by Gasteiger charge is -2.03. The maximum absolute atomic E-state index is 5.94. The Morgan fingerprint density at radius 3 is 2.53 bits per heavy atom. The van der Waals surface area contributed by atoms with Crippen molar-refractivity contribution in [3.8, 4) is 0 Å². The summed E-state index contributed by atoms with van der Waals surface area (Å²) in [6.07, 6.45) is 1.70. The van der Waals surface area contributed by atoms with Gasteiger partial charge < -0.3 is 0 Å². The lowest BCUT2D eigenvalue weighted by atomic mass is 10.4. The number of pyridine rings is 1. The van der Waals surface area contributed by atoms with Crippen molar-refractivity contribution in [1.29, 1.82) is 0 Å². The Balaban J connectivity index is 2.05. The summed E-state index contributed by atoms with van der Waals surface area (Å²) in [4.78, 5) is 5.29. The molecule has 0 saturated carbocycles. The molecule has 0 aliphatic carbocycles. The topological polar surface area (TPSA) is 12.9 Å². The van der Waals surface area contributed by atoms with Gasteiger partial charge in [-0.15, -0.1) is 11.8 Å². The highest BCUT2D eigenvalue weighted by Gasteiger charge is 2.02. The first kappa shape index (κ1) is 13.0. The normalized spacial score (nSPS) is 10.5. The molecule has 17 heavy (non-hydrogen) atoms. The minimum absolute atomic E-state index is 0.565. The number of thioether (sulfide) groups is 1. The van der Waals surface area contributed by atoms with E-state index in [0.717, 1.165) is 16.3 Å². The minimum atomic E-state index is 0.565. The Labute approximate surface area is 119 Å². The van der Waals surface area contributed by atoms with E-state index in [1.54, 1.807) is 30.1 Å². The summed E-state index contributed by atoms with van der Waals surface area (Å²) in [5.41, 5.74) is 0.938. The van der Waals surface area contributed by atoms with Crippen LogP contribution in [0.15, 0.2) is 41.4 Å². The third-order valence-electron chi connectivity index (χ3n) is 2.06. The van der Waals surface area contributed by atoms with Gasteiger partial charge in [0, 0.05) is 21.9 Å². The van der Waals surface area contributed by atoms with Crippen molar-refractivity contribution in [3.05, 3.63) is 57.3 Å². The molecule has 0 unspecified atom stereocenters. The van der Waals surface area contributed by atoms with Crippen molar-refractivity contribution in [1.82, 2.24) is 4.98 Å². The predicted molar refractivity (Wildman–Crippen MR) is 75.3 cm³/mol. The summed E-state index contributed by atoms with van der Waals surface area (Å²) >= 11 is 19.3. The Bertz CT molecular complexity index is 531. The Hall–Kier alpha value is -0.410. The average molecular weight is 305 g/mol. The van der Waals surface area contributed by atoms with Gasteiger partial charge in [-0.25, -0.2) is 0 Å². The molecule has 1 nitrogen and oxygen atoms in total. The van der Waals surface area contributed by atoms with Crippen molar-refractivity contribution >= 4 is 46.6 Å². The summed E-state index contributed by atoms with van der Waals surface area (Å²) in [5.74, 6) is 0.749. The van der Waals surface area contributed by atoms with Crippen LogP contribution in [0.25, 0.3) is 0 Å². The minimum Gasteiger partial charge on any atom is -0.260 e. The number of benzene rings is 1. The quantitative estimate of drug-likeness (QED) is 0.710. The van der Waals surface area contributed by atoms with Gasteiger partial charge in [0.05, 0.1) is 15.7 Å². The third kappa shape index (κ3) is 3.78. The lowest BCUT2D eigenvalue weighted by Crippen LogP contribution is -1.85. The molecule has 5 heteroatoms. The van der Waals surface area contributed by atoms with Crippen LogP contribution >= 0.6 is 46.6 Å². The summed E-state index contributed by atoms with van der Waals surface area (Å²) in [5, 5.41) is 1.83. The van der Waals surface area contributed by atoms with Crippen molar-refractivity contribution in [3.63, 3.8) is 0 Å². The number of rotatable bonds is 3. The summed E-state index contributed by atoms with van der Waals surface area (Å²) in [7, 11) is 0. The Morgan fingerprint density at radius 2 is 1.82 bits per heavy atom. The van der Waals surface area contributed by atoms with Gasteiger partial charge in [-0.3, -0.25) is 4.98 Å². The largest absolute Gasteiger partial charge is 0.260 e. The molecule has 0 fully saturated rings. The van der Waals surface area contributed by atoms with E-state index >= 15 is 0 Å². The van der Waals surface area contributed by atoms with E-state index in [4.69, 9.17) is 34.8 Å². The standard InChI is InChI=1S/C12H8Cl3NS/c13-8-3-4-16-9(5-8)7-17-10-1-2-11(14)12(15)6-10/h1-6H,7H2. The van der Waals surface area contributed by atoms with E-state index in [9.17, 15) is 0 Å². The molecule has 0 bridgehead atoms. The number of hydrogen-bond donors (Lipinski definition) is 0. The molecule has 2 rings (SSSR count). The molecule has 88 valence electrons. The molecule has 2 aromatic rings. The van der Waals surface area contributed by atoms with Gasteiger partial charge in [0.2, 0.25) is 0 Å².